The standard InChI is InChI=1S/C17H11Cl3O/c18-14(10-12-4-2-1-3-5-12)7-9-17(21)13-6-8-15(19)16(20)11-13/h1-11H/b9-7+,14-10-. The molecule has 0 bridgehead atoms. The van der Waals surface area contributed by atoms with Gasteiger partial charge in [-0.05, 0) is 42.0 Å². The van der Waals surface area contributed by atoms with Crippen LogP contribution in [-0.4, -0.2) is 5.78 Å². The van der Waals surface area contributed by atoms with Crippen molar-refractivity contribution in [2.24, 2.45) is 0 Å². The van der Waals surface area contributed by atoms with Gasteiger partial charge in [-0.1, -0.05) is 65.1 Å². The van der Waals surface area contributed by atoms with Crippen LogP contribution in [0.3, 0.4) is 0 Å². The molecule has 0 amide bonds. The molecule has 21 heavy (non-hydrogen) atoms. The van der Waals surface area contributed by atoms with Crippen molar-refractivity contribution in [2.45, 2.75) is 0 Å². The fourth-order valence-electron chi connectivity index (χ4n) is 1.66. The zero-order valence-electron chi connectivity index (χ0n) is 10.9. The van der Waals surface area contributed by atoms with Crippen molar-refractivity contribution in [3.63, 3.8) is 0 Å². The van der Waals surface area contributed by atoms with Gasteiger partial charge in [0.15, 0.2) is 5.78 Å². The first kappa shape index (κ1) is 15.8. The van der Waals surface area contributed by atoms with E-state index in [4.69, 9.17) is 34.8 Å². The van der Waals surface area contributed by atoms with Crippen LogP contribution in [0, 0.1) is 0 Å². The van der Waals surface area contributed by atoms with Crippen molar-refractivity contribution < 1.29 is 4.79 Å². The molecule has 2 rings (SSSR count). The summed E-state index contributed by atoms with van der Waals surface area (Å²) in [7, 11) is 0. The summed E-state index contributed by atoms with van der Waals surface area (Å²) in [6.07, 6.45) is 4.74. The lowest BCUT2D eigenvalue weighted by Gasteiger charge is -1.99. The van der Waals surface area contributed by atoms with E-state index in [2.05, 4.69) is 0 Å². The first-order chi connectivity index (χ1) is 10.1. The Hall–Kier alpha value is -1.54. The number of rotatable bonds is 4. The molecule has 0 aliphatic heterocycles. The van der Waals surface area contributed by atoms with Gasteiger partial charge in [0.25, 0.3) is 0 Å². The van der Waals surface area contributed by atoms with E-state index < -0.39 is 0 Å². The van der Waals surface area contributed by atoms with Gasteiger partial charge in [0.05, 0.1) is 10.0 Å². The Bertz CT molecular complexity index is 703. The molecule has 0 aliphatic rings. The summed E-state index contributed by atoms with van der Waals surface area (Å²) in [6.45, 7) is 0. The second-order valence-corrected chi connectivity index (χ2v) is 5.52. The van der Waals surface area contributed by atoms with Gasteiger partial charge >= 0.3 is 0 Å². The molecule has 106 valence electrons. The van der Waals surface area contributed by atoms with Crippen molar-refractivity contribution >= 4 is 46.7 Å². The largest absolute Gasteiger partial charge is 0.289 e. The normalized spacial score (nSPS) is 11.9. The van der Waals surface area contributed by atoms with Gasteiger partial charge in [-0.25, -0.2) is 0 Å². The molecule has 2 aromatic rings. The summed E-state index contributed by atoms with van der Waals surface area (Å²) in [5, 5.41) is 1.23. The molecule has 1 nitrogen and oxygen atoms in total. The molecule has 0 heterocycles. The second-order valence-electron chi connectivity index (χ2n) is 4.27. The molecular formula is C17H11Cl3O. The van der Waals surface area contributed by atoms with E-state index in [0.717, 1.165) is 5.56 Å². The van der Waals surface area contributed by atoms with Crippen LogP contribution in [0.15, 0.2) is 65.7 Å². The third-order valence-electron chi connectivity index (χ3n) is 2.70. The number of hydrogen-bond acceptors (Lipinski definition) is 1. The Balaban J connectivity index is 2.11. The highest BCUT2D eigenvalue weighted by atomic mass is 35.5. The van der Waals surface area contributed by atoms with Gasteiger partial charge in [0.2, 0.25) is 0 Å². The number of benzene rings is 2. The lowest BCUT2D eigenvalue weighted by Crippen LogP contribution is -1.93. The molecule has 0 N–H and O–H groups in total. The highest BCUT2D eigenvalue weighted by molar-refractivity contribution is 6.42. The summed E-state index contributed by atoms with van der Waals surface area (Å²) in [5.41, 5.74) is 1.43. The fraction of sp³-hybridized carbons (Fsp3) is 0. The molecule has 0 unspecified atom stereocenters. The highest BCUT2D eigenvalue weighted by Crippen LogP contribution is 2.23. The minimum atomic E-state index is -0.187. The lowest BCUT2D eigenvalue weighted by molar-refractivity contribution is 0.104. The number of ketones is 1. The minimum Gasteiger partial charge on any atom is -0.289 e. The van der Waals surface area contributed by atoms with E-state index >= 15 is 0 Å². The quantitative estimate of drug-likeness (QED) is 0.379. The smallest absolute Gasteiger partial charge is 0.185 e. The summed E-state index contributed by atoms with van der Waals surface area (Å²) in [5.74, 6) is -0.187. The van der Waals surface area contributed by atoms with Crippen molar-refractivity contribution in [1.29, 1.82) is 0 Å². The SMILES string of the molecule is O=C(/C=C/C(Cl)=C/c1ccccc1)c1ccc(Cl)c(Cl)c1. The van der Waals surface area contributed by atoms with Crippen molar-refractivity contribution in [2.75, 3.05) is 0 Å². The molecule has 0 spiro atoms. The molecular weight excluding hydrogens is 327 g/mol. The predicted molar refractivity (Wildman–Crippen MR) is 90.2 cm³/mol. The maximum Gasteiger partial charge on any atom is 0.185 e. The fourth-order valence-corrected chi connectivity index (χ4v) is 2.14. The monoisotopic (exact) mass is 336 g/mol. The maximum atomic E-state index is 12.0. The Morgan fingerprint density at radius 3 is 2.29 bits per heavy atom. The molecule has 0 atom stereocenters. The summed E-state index contributed by atoms with van der Waals surface area (Å²) in [4.78, 5) is 12.0. The van der Waals surface area contributed by atoms with Crippen LogP contribution >= 0.6 is 34.8 Å². The number of carbonyl (C=O) groups is 1. The van der Waals surface area contributed by atoms with E-state index in [1.54, 1.807) is 24.3 Å². The number of carbonyl (C=O) groups excluding carboxylic acids is 1. The first-order valence-electron chi connectivity index (χ1n) is 6.16. The van der Waals surface area contributed by atoms with Crippen LogP contribution in [0.5, 0.6) is 0 Å². The summed E-state index contributed by atoms with van der Waals surface area (Å²) >= 11 is 17.8. The first-order valence-corrected chi connectivity index (χ1v) is 7.29. The molecule has 0 saturated heterocycles. The van der Waals surface area contributed by atoms with Gasteiger partial charge in [0.1, 0.15) is 0 Å². The summed E-state index contributed by atoms with van der Waals surface area (Å²) < 4.78 is 0. The van der Waals surface area contributed by atoms with Crippen LogP contribution in [0.1, 0.15) is 15.9 Å². The van der Waals surface area contributed by atoms with E-state index in [0.29, 0.717) is 20.6 Å². The van der Waals surface area contributed by atoms with Crippen molar-refractivity contribution in [3.8, 4) is 0 Å². The van der Waals surface area contributed by atoms with E-state index in [1.165, 1.54) is 12.1 Å². The Morgan fingerprint density at radius 2 is 1.62 bits per heavy atom. The van der Waals surface area contributed by atoms with Crippen LogP contribution in [0.2, 0.25) is 10.0 Å². The van der Waals surface area contributed by atoms with Crippen LogP contribution in [-0.2, 0) is 0 Å². The molecule has 0 saturated carbocycles. The molecule has 2 aromatic carbocycles. The maximum absolute atomic E-state index is 12.0. The molecule has 4 heteroatoms. The van der Waals surface area contributed by atoms with Crippen molar-refractivity contribution in [3.05, 3.63) is 86.9 Å². The number of hydrogen-bond donors (Lipinski definition) is 0. The molecule has 0 fully saturated rings. The topological polar surface area (TPSA) is 17.1 Å². The van der Waals surface area contributed by atoms with Crippen LogP contribution in [0.4, 0.5) is 0 Å². The van der Waals surface area contributed by atoms with Gasteiger partial charge in [0, 0.05) is 10.6 Å². The Morgan fingerprint density at radius 1 is 0.905 bits per heavy atom. The number of allylic oxidation sites excluding steroid dienone is 3. The zero-order chi connectivity index (χ0) is 15.2. The zero-order valence-corrected chi connectivity index (χ0v) is 13.2. The molecule has 0 aromatic heterocycles. The summed E-state index contributed by atoms with van der Waals surface area (Å²) in [6, 6.07) is 14.4. The second kappa shape index (κ2) is 7.46. The Kier molecular flexibility index (Phi) is 5.63. The lowest BCUT2D eigenvalue weighted by atomic mass is 10.1. The third-order valence-corrected chi connectivity index (χ3v) is 3.68. The van der Waals surface area contributed by atoms with Crippen LogP contribution < -0.4 is 0 Å². The van der Waals surface area contributed by atoms with Gasteiger partial charge in [-0.2, -0.15) is 0 Å². The Labute approximate surface area is 138 Å². The minimum absolute atomic E-state index is 0.187. The van der Waals surface area contributed by atoms with Crippen molar-refractivity contribution in [1.82, 2.24) is 0 Å². The third kappa shape index (κ3) is 4.75. The van der Waals surface area contributed by atoms with Gasteiger partial charge < -0.3 is 0 Å². The average Bonchev–Trinajstić information content (AvgIpc) is 2.48. The van der Waals surface area contributed by atoms with E-state index in [1.807, 2.05) is 30.3 Å². The average molecular weight is 338 g/mol. The molecule has 0 radical (unpaired) electrons. The molecule has 0 aliphatic carbocycles. The van der Waals surface area contributed by atoms with Crippen LogP contribution in [0.25, 0.3) is 6.08 Å². The number of halogens is 3. The van der Waals surface area contributed by atoms with Gasteiger partial charge in [-0.3, -0.25) is 4.79 Å². The predicted octanol–water partition coefficient (Wildman–Crippen LogP) is 6.01. The van der Waals surface area contributed by atoms with Gasteiger partial charge in [-0.15, -0.1) is 0 Å². The van der Waals surface area contributed by atoms with E-state index in [-0.39, 0.29) is 5.78 Å². The van der Waals surface area contributed by atoms with E-state index in [9.17, 15) is 4.79 Å². The highest BCUT2D eigenvalue weighted by Gasteiger charge is 2.05.